The summed E-state index contributed by atoms with van der Waals surface area (Å²) in [5.74, 6) is 0. The number of para-hydroxylation sites is 1. The van der Waals surface area contributed by atoms with E-state index in [1.807, 2.05) is 60.7 Å². The van der Waals surface area contributed by atoms with Crippen molar-refractivity contribution in [3.8, 4) is 0 Å². The van der Waals surface area contributed by atoms with Gasteiger partial charge in [0.15, 0.2) is 0 Å². The van der Waals surface area contributed by atoms with Crippen molar-refractivity contribution in [2.75, 3.05) is 5.43 Å². The van der Waals surface area contributed by atoms with Crippen molar-refractivity contribution in [3.05, 3.63) is 72.4 Å². The first-order valence-corrected chi connectivity index (χ1v) is 6.11. The van der Waals surface area contributed by atoms with Gasteiger partial charge in [0.1, 0.15) is 0 Å². The normalized spacial score (nSPS) is 10.9. The molecule has 1 heterocycles. The zero-order valence-corrected chi connectivity index (χ0v) is 10.3. The highest BCUT2D eigenvalue weighted by atomic mass is 15.3. The summed E-state index contributed by atoms with van der Waals surface area (Å²) in [6.45, 7) is 0. The minimum atomic E-state index is 0.956. The van der Waals surface area contributed by atoms with E-state index in [9.17, 15) is 0 Å². The van der Waals surface area contributed by atoms with Gasteiger partial charge in [-0.25, -0.2) is 0 Å². The maximum absolute atomic E-state index is 4.32. The Hall–Kier alpha value is -2.68. The Morgan fingerprint density at radius 3 is 2.58 bits per heavy atom. The van der Waals surface area contributed by atoms with E-state index in [4.69, 9.17) is 0 Å². The fourth-order valence-electron chi connectivity index (χ4n) is 1.91. The zero-order chi connectivity index (χ0) is 12.9. The second-order valence-corrected chi connectivity index (χ2v) is 4.16. The summed E-state index contributed by atoms with van der Waals surface area (Å²) in [4.78, 5) is 4.32. The molecule has 1 aromatic heterocycles. The summed E-state index contributed by atoms with van der Waals surface area (Å²) in [5, 5.41) is 5.32. The number of nitrogens with zero attached hydrogens (tertiary/aromatic N) is 2. The lowest BCUT2D eigenvalue weighted by molar-refractivity contribution is 1.33. The van der Waals surface area contributed by atoms with E-state index in [0.29, 0.717) is 0 Å². The molecule has 0 aliphatic carbocycles. The fraction of sp³-hybridized carbons (Fsp3) is 0. The third-order valence-corrected chi connectivity index (χ3v) is 2.85. The van der Waals surface area contributed by atoms with Crippen LogP contribution in [0.3, 0.4) is 0 Å². The average Bonchev–Trinajstić information content (AvgIpc) is 2.49. The zero-order valence-electron chi connectivity index (χ0n) is 10.3. The van der Waals surface area contributed by atoms with Crippen molar-refractivity contribution in [3.63, 3.8) is 0 Å². The smallest absolute Gasteiger partial charge is 0.0723 e. The molecule has 0 radical (unpaired) electrons. The molecule has 0 aliphatic rings. The lowest BCUT2D eigenvalue weighted by Gasteiger charge is -2.04. The van der Waals surface area contributed by atoms with E-state index in [2.05, 4.69) is 15.5 Å². The molecule has 3 nitrogen and oxygen atoms in total. The van der Waals surface area contributed by atoms with Crippen molar-refractivity contribution >= 4 is 22.8 Å². The Bertz CT molecular complexity index is 700. The highest BCUT2D eigenvalue weighted by Crippen LogP contribution is 2.20. The molecular formula is C16H13N3. The van der Waals surface area contributed by atoms with Crippen LogP contribution in [-0.2, 0) is 0 Å². The third kappa shape index (κ3) is 2.60. The van der Waals surface area contributed by atoms with Crippen molar-refractivity contribution < 1.29 is 0 Å². The molecule has 3 rings (SSSR count). The minimum Gasteiger partial charge on any atom is -0.278 e. The van der Waals surface area contributed by atoms with Crippen molar-refractivity contribution in [2.24, 2.45) is 5.10 Å². The SMILES string of the molecule is C(=NNc1ccnc2ccccc12)c1ccccc1. The Balaban J connectivity index is 1.84. The van der Waals surface area contributed by atoms with E-state index in [-0.39, 0.29) is 0 Å². The van der Waals surface area contributed by atoms with Crippen LogP contribution in [-0.4, -0.2) is 11.2 Å². The number of fused-ring (bicyclic) bond motifs is 1. The van der Waals surface area contributed by atoms with Gasteiger partial charge in [-0.3, -0.25) is 10.4 Å². The molecule has 3 aromatic rings. The molecule has 0 saturated carbocycles. The van der Waals surface area contributed by atoms with E-state index < -0.39 is 0 Å². The molecule has 92 valence electrons. The highest BCUT2D eigenvalue weighted by Gasteiger charge is 1.98. The van der Waals surface area contributed by atoms with Crippen LogP contribution in [0, 0.1) is 0 Å². The number of nitrogens with one attached hydrogen (secondary N) is 1. The predicted molar refractivity (Wildman–Crippen MR) is 79.4 cm³/mol. The van der Waals surface area contributed by atoms with Crippen LogP contribution in [0.5, 0.6) is 0 Å². The van der Waals surface area contributed by atoms with Gasteiger partial charge in [0.2, 0.25) is 0 Å². The average molecular weight is 247 g/mol. The van der Waals surface area contributed by atoms with Crippen LogP contribution in [0.15, 0.2) is 72.0 Å². The number of rotatable bonds is 3. The molecule has 0 bridgehead atoms. The van der Waals surface area contributed by atoms with Crippen LogP contribution in [0.25, 0.3) is 10.9 Å². The van der Waals surface area contributed by atoms with Crippen LogP contribution >= 0.6 is 0 Å². The summed E-state index contributed by atoms with van der Waals surface area (Å²) in [5.41, 5.74) is 6.05. The van der Waals surface area contributed by atoms with Crippen LogP contribution in [0.2, 0.25) is 0 Å². The first kappa shape index (κ1) is 11.4. The quantitative estimate of drug-likeness (QED) is 0.566. The second kappa shape index (κ2) is 5.31. The van der Waals surface area contributed by atoms with Crippen molar-refractivity contribution in [1.82, 2.24) is 4.98 Å². The molecule has 0 saturated heterocycles. The molecule has 0 unspecified atom stereocenters. The molecule has 3 heteroatoms. The van der Waals surface area contributed by atoms with E-state index in [1.54, 1.807) is 12.4 Å². The summed E-state index contributed by atoms with van der Waals surface area (Å²) in [7, 11) is 0. The standard InChI is InChI=1S/C16H13N3/c1-2-6-13(7-3-1)12-18-19-16-10-11-17-15-9-5-4-8-14(15)16/h1-12H,(H,17,19). The van der Waals surface area contributed by atoms with Gasteiger partial charge >= 0.3 is 0 Å². The number of hydrazone groups is 1. The lowest BCUT2D eigenvalue weighted by Crippen LogP contribution is -1.92. The molecule has 1 N–H and O–H groups in total. The van der Waals surface area contributed by atoms with E-state index in [1.165, 1.54) is 0 Å². The monoisotopic (exact) mass is 247 g/mol. The number of hydrogen-bond donors (Lipinski definition) is 1. The Morgan fingerprint density at radius 1 is 0.895 bits per heavy atom. The minimum absolute atomic E-state index is 0.956. The Labute approximate surface area is 111 Å². The highest BCUT2D eigenvalue weighted by molar-refractivity contribution is 5.91. The molecule has 0 atom stereocenters. The van der Waals surface area contributed by atoms with Crippen molar-refractivity contribution in [2.45, 2.75) is 0 Å². The van der Waals surface area contributed by atoms with Gasteiger partial charge < -0.3 is 0 Å². The maximum Gasteiger partial charge on any atom is 0.0723 e. The molecule has 0 spiro atoms. The van der Waals surface area contributed by atoms with Gasteiger partial charge in [-0.2, -0.15) is 5.10 Å². The molecule has 0 fully saturated rings. The maximum atomic E-state index is 4.32. The van der Waals surface area contributed by atoms with Gasteiger partial charge in [-0.15, -0.1) is 0 Å². The molecule has 0 amide bonds. The summed E-state index contributed by atoms with van der Waals surface area (Å²) >= 11 is 0. The second-order valence-electron chi connectivity index (χ2n) is 4.16. The fourth-order valence-corrected chi connectivity index (χ4v) is 1.91. The van der Waals surface area contributed by atoms with Gasteiger partial charge in [0.25, 0.3) is 0 Å². The number of benzene rings is 2. The Kier molecular flexibility index (Phi) is 3.19. The van der Waals surface area contributed by atoms with Gasteiger partial charge in [-0.1, -0.05) is 48.5 Å². The summed E-state index contributed by atoms with van der Waals surface area (Å²) < 4.78 is 0. The first-order valence-electron chi connectivity index (χ1n) is 6.11. The summed E-state index contributed by atoms with van der Waals surface area (Å²) in [6.07, 6.45) is 3.58. The Morgan fingerprint density at radius 2 is 1.68 bits per heavy atom. The third-order valence-electron chi connectivity index (χ3n) is 2.85. The first-order chi connectivity index (χ1) is 9.43. The summed E-state index contributed by atoms with van der Waals surface area (Å²) in [6, 6.07) is 19.9. The number of pyridine rings is 1. The number of aromatic nitrogens is 1. The van der Waals surface area contributed by atoms with Gasteiger partial charge in [0.05, 0.1) is 17.4 Å². The van der Waals surface area contributed by atoms with E-state index in [0.717, 1.165) is 22.2 Å². The van der Waals surface area contributed by atoms with Gasteiger partial charge in [0, 0.05) is 11.6 Å². The molecule has 2 aromatic carbocycles. The van der Waals surface area contributed by atoms with Gasteiger partial charge in [-0.05, 0) is 17.7 Å². The molecule has 0 aliphatic heterocycles. The van der Waals surface area contributed by atoms with Crippen LogP contribution < -0.4 is 5.43 Å². The topological polar surface area (TPSA) is 37.3 Å². The molecular weight excluding hydrogens is 234 g/mol. The number of hydrogen-bond acceptors (Lipinski definition) is 3. The van der Waals surface area contributed by atoms with Crippen molar-refractivity contribution in [1.29, 1.82) is 0 Å². The largest absolute Gasteiger partial charge is 0.278 e. The van der Waals surface area contributed by atoms with Crippen LogP contribution in [0.4, 0.5) is 5.69 Å². The number of anilines is 1. The molecule has 19 heavy (non-hydrogen) atoms. The van der Waals surface area contributed by atoms with Crippen LogP contribution in [0.1, 0.15) is 5.56 Å². The lowest BCUT2D eigenvalue weighted by atomic mass is 10.2. The predicted octanol–water partition coefficient (Wildman–Crippen LogP) is 3.68. The van der Waals surface area contributed by atoms with E-state index >= 15 is 0 Å².